The third-order valence-corrected chi connectivity index (χ3v) is 1.71. The molecule has 0 radical (unpaired) electrons. The highest BCUT2D eigenvalue weighted by Gasteiger charge is 2.16. The number of aromatic nitrogens is 2. The lowest BCUT2D eigenvalue weighted by molar-refractivity contribution is 1.07. The quantitative estimate of drug-likeness (QED) is 0.566. The Morgan fingerprint density at radius 1 is 1.58 bits per heavy atom. The van der Waals surface area contributed by atoms with Gasteiger partial charge in [0.25, 0.3) is 5.56 Å². The summed E-state index contributed by atoms with van der Waals surface area (Å²) in [5, 5.41) is 0. The molecule has 0 saturated heterocycles. The molecule has 0 spiro atoms. The van der Waals surface area contributed by atoms with E-state index in [2.05, 4.69) is 15.0 Å². The van der Waals surface area contributed by atoms with Crippen molar-refractivity contribution in [2.24, 2.45) is 4.99 Å². The summed E-state index contributed by atoms with van der Waals surface area (Å²) in [4.78, 5) is 21.6. The molecule has 1 aliphatic heterocycles. The van der Waals surface area contributed by atoms with Gasteiger partial charge in [0, 0.05) is 12.1 Å². The van der Waals surface area contributed by atoms with E-state index in [4.69, 9.17) is 5.73 Å². The number of nitrogen functional groups attached to an aromatic ring is 1. The van der Waals surface area contributed by atoms with Gasteiger partial charge in [-0.1, -0.05) is 0 Å². The Bertz CT molecular complexity index is 418. The van der Waals surface area contributed by atoms with Crippen molar-refractivity contribution in [3.8, 4) is 0 Å². The lowest BCUT2D eigenvalue weighted by Crippen LogP contribution is -2.11. The number of nitrogens with two attached hydrogens (primary N) is 1. The number of nitrogens with zero attached hydrogens (tertiary/aromatic N) is 2. The summed E-state index contributed by atoms with van der Waals surface area (Å²) >= 11 is 0. The van der Waals surface area contributed by atoms with E-state index in [0.29, 0.717) is 17.8 Å². The Morgan fingerprint density at radius 2 is 2.33 bits per heavy atom. The Hall–Kier alpha value is -1.65. The largest absolute Gasteiger partial charge is 0.369 e. The Kier molecular flexibility index (Phi) is 1.27. The maximum atomic E-state index is 11.2. The van der Waals surface area contributed by atoms with Gasteiger partial charge in [-0.2, -0.15) is 0 Å². The third-order valence-electron chi connectivity index (χ3n) is 1.71. The van der Waals surface area contributed by atoms with Crippen molar-refractivity contribution in [3.05, 3.63) is 16.0 Å². The second kappa shape index (κ2) is 2.17. The Balaban J connectivity index is 2.70. The first-order valence-electron chi connectivity index (χ1n) is 3.59. The number of hydrogen-bond acceptors (Lipinski definition) is 4. The minimum atomic E-state index is -0.255. The molecule has 0 unspecified atom stereocenters. The van der Waals surface area contributed by atoms with Gasteiger partial charge in [0.2, 0.25) is 5.95 Å². The molecule has 1 aromatic rings. The molecule has 0 bridgehead atoms. The predicted octanol–water partition coefficient (Wildman–Crippen LogP) is 0.000600. The molecule has 0 aliphatic carbocycles. The van der Waals surface area contributed by atoms with Gasteiger partial charge in [0.1, 0.15) is 5.69 Å². The second-order valence-corrected chi connectivity index (χ2v) is 2.77. The lowest BCUT2D eigenvalue weighted by Gasteiger charge is -1.95. The molecular weight excluding hydrogens is 156 g/mol. The zero-order chi connectivity index (χ0) is 8.72. The first-order chi connectivity index (χ1) is 5.66. The van der Waals surface area contributed by atoms with E-state index in [0.717, 1.165) is 5.71 Å². The Labute approximate surface area is 68.4 Å². The molecule has 5 nitrogen and oxygen atoms in total. The van der Waals surface area contributed by atoms with Crippen LogP contribution in [-0.2, 0) is 6.42 Å². The number of anilines is 1. The highest BCUT2D eigenvalue weighted by atomic mass is 16.1. The zero-order valence-corrected chi connectivity index (χ0v) is 6.59. The first-order valence-corrected chi connectivity index (χ1v) is 3.59. The molecule has 2 heterocycles. The van der Waals surface area contributed by atoms with E-state index < -0.39 is 0 Å². The molecule has 1 aromatic heterocycles. The third kappa shape index (κ3) is 0.903. The van der Waals surface area contributed by atoms with Crippen LogP contribution in [0.25, 0.3) is 0 Å². The number of aromatic amines is 1. The van der Waals surface area contributed by atoms with Crippen LogP contribution in [0.2, 0.25) is 0 Å². The molecule has 3 N–H and O–H groups in total. The number of aliphatic imine (C=N–C) groups is 1. The van der Waals surface area contributed by atoms with E-state index in [-0.39, 0.29) is 11.5 Å². The van der Waals surface area contributed by atoms with Crippen molar-refractivity contribution in [3.63, 3.8) is 0 Å². The Morgan fingerprint density at radius 3 is 3.08 bits per heavy atom. The normalized spacial score (nSPS) is 14.2. The number of nitrogens with one attached hydrogen (secondary N) is 1. The van der Waals surface area contributed by atoms with E-state index >= 15 is 0 Å². The van der Waals surface area contributed by atoms with E-state index in [1.54, 1.807) is 0 Å². The van der Waals surface area contributed by atoms with Crippen LogP contribution in [0.4, 0.5) is 11.6 Å². The van der Waals surface area contributed by atoms with Crippen molar-refractivity contribution >= 4 is 17.3 Å². The van der Waals surface area contributed by atoms with Crippen molar-refractivity contribution in [1.29, 1.82) is 0 Å². The fourth-order valence-electron chi connectivity index (χ4n) is 1.24. The molecule has 62 valence electrons. The van der Waals surface area contributed by atoms with Gasteiger partial charge in [-0.15, -0.1) is 0 Å². The summed E-state index contributed by atoms with van der Waals surface area (Å²) in [7, 11) is 0. The molecular formula is C7H8N4O. The number of hydrogen-bond donors (Lipinski definition) is 2. The zero-order valence-electron chi connectivity index (χ0n) is 6.59. The fourth-order valence-corrected chi connectivity index (χ4v) is 1.24. The van der Waals surface area contributed by atoms with Gasteiger partial charge >= 0.3 is 0 Å². The van der Waals surface area contributed by atoms with Crippen LogP contribution in [0.3, 0.4) is 0 Å². The van der Waals surface area contributed by atoms with Crippen LogP contribution < -0.4 is 11.3 Å². The SMILES string of the molecule is CC1=Nc2c(nc(N)[nH]c2=O)C1. The first kappa shape index (κ1) is 7.02. The van der Waals surface area contributed by atoms with Crippen LogP contribution >= 0.6 is 0 Å². The fraction of sp³-hybridized carbons (Fsp3) is 0.286. The van der Waals surface area contributed by atoms with Gasteiger partial charge in [0.05, 0.1) is 5.69 Å². The number of fused-ring (bicyclic) bond motifs is 1. The van der Waals surface area contributed by atoms with Gasteiger partial charge in [-0.3, -0.25) is 9.78 Å². The molecule has 5 heteroatoms. The topological polar surface area (TPSA) is 84.1 Å². The molecule has 0 amide bonds. The molecule has 2 rings (SSSR count). The van der Waals surface area contributed by atoms with Crippen molar-refractivity contribution in [2.75, 3.05) is 5.73 Å². The minimum Gasteiger partial charge on any atom is -0.369 e. The summed E-state index contributed by atoms with van der Waals surface area (Å²) in [6.07, 6.45) is 0.628. The maximum Gasteiger partial charge on any atom is 0.278 e. The molecule has 12 heavy (non-hydrogen) atoms. The van der Waals surface area contributed by atoms with Crippen LogP contribution in [0, 0.1) is 0 Å². The van der Waals surface area contributed by atoms with Crippen molar-refractivity contribution in [1.82, 2.24) is 9.97 Å². The van der Waals surface area contributed by atoms with Gasteiger partial charge in [-0.05, 0) is 6.92 Å². The maximum absolute atomic E-state index is 11.2. The van der Waals surface area contributed by atoms with E-state index in [9.17, 15) is 4.79 Å². The summed E-state index contributed by atoms with van der Waals surface area (Å²) in [5.41, 5.74) is 7.08. The molecule has 0 atom stereocenters. The molecule has 0 saturated carbocycles. The van der Waals surface area contributed by atoms with Gasteiger partial charge < -0.3 is 5.73 Å². The second-order valence-electron chi connectivity index (χ2n) is 2.77. The van der Waals surface area contributed by atoms with Crippen LogP contribution in [0.1, 0.15) is 12.6 Å². The van der Waals surface area contributed by atoms with Crippen LogP contribution in [-0.4, -0.2) is 15.7 Å². The number of rotatable bonds is 0. The summed E-state index contributed by atoms with van der Waals surface area (Å²) in [6, 6.07) is 0. The highest BCUT2D eigenvalue weighted by molar-refractivity contribution is 5.91. The number of H-pyrrole nitrogens is 1. The van der Waals surface area contributed by atoms with E-state index in [1.807, 2.05) is 6.92 Å². The smallest absolute Gasteiger partial charge is 0.278 e. The van der Waals surface area contributed by atoms with Crippen molar-refractivity contribution < 1.29 is 0 Å². The monoisotopic (exact) mass is 164 g/mol. The molecule has 0 fully saturated rings. The lowest BCUT2D eigenvalue weighted by atomic mass is 10.2. The standard InChI is InChI=1S/C7H8N4O/c1-3-2-4-5(9-3)6(12)11-7(8)10-4/h2H2,1H3,(H3,8,10,11,12). The molecule has 0 aromatic carbocycles. The highest BCUT2D eigenvalue weighted by Crippen LogP contribution is 2.19. The van der Waals surface area contributed by atoms with Crippen LogP contribution in [0.5, 0.6) is 0 Å². The predicted molar refractivity (Wildman–Crippen MR) is 45.7 cm³/mol. The van der Waals surface area contributed by atoms with Crippen molar-refractivity contribution in [2.45, 2.75) is 13.3 Å². The minimum absolute atomic E-state index is 0.156. The average Bonchev–Trinajstić information content (AvgIpc) is 2.29. The van der Waals surface area contributed by atoms with Gasteiger partial charge in [-0.25, -0.2) is 9.98 Å². The van der Waals surface area contributed by atoms with Crippen LogP contribution in [0.15, 0.2) is 9.79 Å². The summed E-state index contributed by atoms with van der Waals surface area (Å²) < 4.78 is 0. The average molecular weight is 164 g/mol. The summed E-state index contributed by atoms with van der Waals surface area (Å²) in [6.45, 7) is 1.86. The molecule has 1 aliphatic rings. The van der Waals surface area contributed by atoms with E-state index in [1.165, 1.54) is 0 Å². The summed E-state index contributed by atoms with van der Waals surface area (Å²) in [5.74, 6) is 0.156. The van der Waals surface area contributed by atoms with Gasteiger partial charge in [0.15, 0.2) is 0 Å².